The van der Waals surface area contributed by atoms with Gasteiger partial charge in [-0.05, 0) is 71.4 Å². The number of hydrogen-bond donors (Lipinski definition) is 1. The quantitative estimate of drug-likeness (QED) is 0.202. The number of carbonyl (C=O) groups is 2. The Morgan fingerprint density at radius 3 is 2.36 bits per heavy atom. The Morgan fingerprint density at radius 2 is 1.78 bits per heavy atom. The Hall–Kier alpha value is -5.39. The van der Waals surface area contributed by atoms with E-state index in [-0.39, 0.29) is 40.8 Å². The van der Waals surface area contributed by atoms with Crippen LogP contribution in [0.25, 0.3) is 22.7 Å². The molecule has 50 heavy (non-hydrogen) atoms. The molecule has 2 amide bonds. The molecule has 1 aliphatic heterocycles. The summed E-state index contributed by atoms with van der Waals surface area (Å²) >= 11 is 0. The number of anilines is 1. The summed E-state index contributed by atoms with van der Waals surface area (Å²) in [6.07, 6.45) is -5.34. The number of pyridine rings is 1. The van der Waals surface area contributed by atoms with E-state index in [1.807, 2.05) is 6.07 Å². The summed E-state index contributed by atoms with van der Waals surface area (Å²) in [5.41, 5.74) is -4.60. The van der Waals surface area contributed by atoms with Crippen LogP contribution >= 0.6 is 0 Å². The molecule has 0 fully saturated rings. The third-order valence-corrected chi connectivity index (χ3v) is 7.93. The van der Waals surface area contributed by atoms with Crippen molar-refractivity contribution in [2.45, 2.75) is 83.4 Å². The predicted molar refractivity (Wildman–Crippen MR) is 170 cm³/mol. The standard InChI is InChI=1S/C35H33F5N6O4/c1-32(2,3)50-31(48)43-26-15-34(6,37)23-14-24(36)22(28-44-45-30(49-28)33(4,5)18-41)13-27(23)46(29(26)47)17-19-7-9-20(10-8-19)25-12-11-21(16-42-25)35(38,39)40/h7-14,16,26H,15,17H2,1-6H3,(H,43,48)/t26-,34?/m0/s1. The Balaban J connectivity index is 1.57. The van der Waals surface area contributed by atoms with Crippen LogP contribution in [0.3, 0.4) is 0 Å². The first-order valence-corrected chi connectivity index (χ1v) is 15.4. The number of alkyl carbamates (subject to hydrolysis) is 1. The van der Waals surface area contributed by atoms with E-state index in [1.165, 1.54) is 30.9 Å². The predicted octanol–water partition coefficient (Wildman–Crippen LogP) is 7.77. The average Bonchev–Trinajstić information content (AvgIpc) is 3.51. The summed E-state index contributed by atoms with van der Waals surface area (Å²) in [6, 6.07) is 11.3. The molecule has 4 aromatic rings. The molecule has 1 unspecified atom stereocenters. The van der Waals surface area contributed by atoms with Crippen LogP contribution in [0.15, 0.2) is 59.1 Å². The van der Waals surface area contributed by atoms with Crippen molar-refractivity contribution in [1.29, 1.82) is 5.26 Å². The van der Waals surface area contributed by atoms with Crippen molar-refractivity contribution in [2.24, 2.45) is 0 Å². The smallest absolute Gasteiger partial charge is 0.417 e. The highest BCUT2D eigenvalue weighted by Crippen LogP contribution is 2.44. The van der Waals surface area contributed by atoms with E-state index in [9.17, 15) is 28.0 Å². The van der Waals surface area contributed by atoms with Crippen molar-refractivity contribution in [2.75, 3.05) is 4.90 Å². The van der Waals surface area contributed by atoms with Crippen LogP contribution in [0, 0.1) is 17.1 Å². The van der Waals surface area contributed by atoms with Crippen LogP contribution < -0.4 is 10.2 Å². The van der Waals surface area contributed by atoms with Gasteiger partial charge in [0.25, 0.3) is 5.89 Å². The van der Waals surface area contributed by atoms with Gasteiger partial charge < -0.3 is 19.4 Å². The first-order valence-electron chi connectivity index (χ1n) is 15.4. The average molecular weight is 697 g/mol. The van der Waals surface area contributed by atoms with Crippen molar-refractivity contribution < 1.29 is 40.7 Å². The molecule has 1 N–H and O–H groups in total. The molecule has 3 heterocycles. The second-order valence-electron chi connectivity index (χ2n) is 13.6. The van der Waals surface area contributed by atoms with Gasteiger partial charge in [-0.2, -0.15) is 18.4 Å². The van der Waals surface area contributed by atoms with Gasteiger partial charge >= 0.3 is 12.3 Å². The fourth-order valence-electron chi connectivity index (χ4n) is 5.31. The molecule has 2 atom stereocenters. The van der Waals surface area contributed by atoms with Gasteiger partial charge in [0.15, 0.2) is 0 Å². The summed E-state index contributed by atoms with van der Waals surface area (Å²) in [7, 11) is 0. The number of fused-ring (bicyclic) bond motifs is 1. The molecule has 2 aromatic heterocycles. The number of hydrogen-bond acceptors (Lipinski definition) is 8. The molecule has 2 aromatic carbocycles. The summed E-state index contributed by atoms with van der Waals surface area (Å²) < 4.78 is 82.4. The maximum Gasteiger partial charge on any atom is 0.417 e. The van der Waals surface area contributed by atoms with Crippen LogP contribution in [-0.2, 0) is 33.3 Å². The third kappa shape index (κ3) is 7.59. The zero-order valence-electron chi connectivity index (χ0n) is 27.9. The SMILES string of the molecule is CC(C)(C)OC(=O)N[C@H]1CC(C)(F)c2cc(F)c(-c3nnc(C(C)(C)C#N)o3)cc2N(Cc2ccc(-c3ccc(C(F)(F)F)cn3)cc2)C1=O. The first-order chi connectivity index (χ1) is 23.2. The zero-order valence-corrected chi connectivity index (χ0v) is 27.9. The molecule has 10 nitrogen and oxygen atoms in total. The van der Waals surface area contributed by atoms with Crippen LogP contribution in [-0.4, -0.2) is 38.8 Å². The lowest BCUT2D eigenvalue weighted by Gasteiger charge is -2.27. The van der Waals surface area contributed by atoms with E-state index >= 15 is 8.78 Å². The van der Waals surface area contributed by atoms with Gasteiger partial charge in [-0.3, -0.25) is 9.78 Å². The van der Waals surface area contributed by atoms with Gasteiger partial charge in [-0.15, -0.1) is 10.2 Å². The zero-order chi connectivity index (χ0) is 36.8. The van der Waals surface area contributed by atoms with Crippen molar-refractivity contribution in [1.82, 2.24) is 20.5 Å². The van der Waals surface area contributed by atoms with Crippen LogP contribution in [0.5, 0.6) is 0 Å². The maximum atomic E-state index is 16.6. The van der Waals surface area contributed by atoms with Gasteiger partial charge in [-0.25, -0.2) is 13.6 Å². The topological polar surface area (TPSA) is 134 Å². The number of amides is 2. The molecule has 0 radical (unpaired) electrons. The number of nitrogens with zero attached hydrogens (tertiary/aromatic N) is 5. The molecule has 0 saturated carbocycles. The van der Waals surface area contributed by atoms with Crippen molar-refractivity contribution >= 4 is 17.7 Å². The van der Waals surface area contributed by atoms with Gasteiger partial charge in [0.1, 0.15) is 28.5 Å². The highest BCUT2D eigenvalue weighted by Gasteiger charge is 2.44. The Kier molecular flexibility index (Phi) is 9.20. The van der Waals surface area contributed by atoms with E-state index in [4.69, 9.17) is 9.15 Å². The number of aromatic nitrogens is 3. The minimum absolute atomic E-state index is 0.0438. The number of rotatable bonds is 6. The van der Waals surface area contributed by atoms with Gasteiger partial charge in [-0.1, -0.05) is 24.3 Å². The molecule has 0 saturated heterocycles. The Bertz CT molecular complexity index is 1960. The molecule has 0 aliphatic carbocycles. The second-order valence-corrected chi connectivity index (χ2v) is 13.6. The minimum atomic E-state index is -4.54. The van der Waals surface area contributed by atoms with E-state index < -0.39 is 58.7 Å². The molecule has 15 heteroatoms. The van der Waals surface area contributed by atoms with Gasteiger partial charge in [0, 0.05) is 23.7 Å². The largest absolute Gasteiger partial charge is 0.444 e. The van der Waals surface area contributed by atoms with E-state index in [0.29, 0.717) is 11.1 Å². The lowest BCUT2D eigenvalue weighted by atomic mass is 9.90. The summed E-state index contributed by atoms with van der Waals surface area (Å²) in [5, 5.41) is 19.7. The Morgan fingerprint density at radius 1 is 1.10 bits per heavy atom. The van der Waals surface area contributed by atoms with Gasteiger partial charge in [0.05, 0.1) is 35.1 Å². The first kappa shape index (κ1) is 35.9. The van der Waals surface area contributed by atoms with Crippen molar-refractivity contribution in [3.8, 4) is 28.8 Å². The summed E-state index contributed by atoms with van der Waals surface area (Å²) in [4.78, 5) is 32.1. The van der Waals surface area contributed by atoms with Crippen molar-refractivity contribution in [3.63, 3.8) is 0 Å². The van der Waals surface area contributed by atoms with Gasteiger partial charge in [0.2, 0.25) is 11.8 Å². The Labute approximate surface area is 284 Å². The van der Waals surface area contributed by atoms with Crippen LogP contribution in [0.1, 0.15) is 70.5 Å². The van der Waals surface area contributed by atoms with E-state index in [0.717, 1.165) is 25.3 Å². The molecular weight excluding hydrogens is 663 g/mol. The number of halogens is 5. The molecule has 1 aliphatic rings. The number of nitrogens with one attached hydrogen (secondary N) is 1. The lowest BCUT2D eigenvalue weighted by Crippen LogP contribution is -2.50. The number of ether oxygens (including phenoxy) is 1. The second kappa shape index (κ2) is 12.8. The third-order valence-electron chi connectivity index (χ3n) is 7.93. The highest BCUT2D eigenvalue weighted by molar-refractivity contribution is 6.01. The minimum Gasteiger partial charge on any atom is -0.444 e. The molecule has 0 spiro atoms. The number of nitriles is 1. The fourth-order valence-corrected chi connectivity index (χ4v) is 5.31. The van der Waals surface area contributed by atoms with Crippen LogP contribution in [0.4, 0.5) is 32.4 Å². The van der Waals surface area contributed by atoms with Crippen molar-refractivity contribution in [3.05, 3.63) is 83.1 Å². The van der Waals surface area contributed by atoms with Crippen LogP contribution in [0.2, 0.25) is 0 Å². The monoisotopic (exact) mass is 696 g/mol. The molecule has 0 bridgehead atoms. The van der Waals surface area contributed by atoms with E-state index in [1.54, 1.807) is 45.0 Å². The number of alkyl halides is 4. The molecular formula is C35H33F5N6O4. The lowest BCUT2D eigenvalue weighted by molar-refractivity contribution is -0.137. The molecule has 262 valence electrons. The maximum absolute atomic E-state index is 16.6. The highest BCUT2D eigenvalue weighted by atomic mass is 19.4. The fraction of sp³-hybridized carbons (Fsp3) is 0.371. The number of benzene rings is 2. The summed E-state index contributed by atoms with van der Waals surface area (Å²) in [5.74, 6) is -2.06. The normalized spacial score (nSPS) is 18.2. The number of carbonyl (C=O) groups excluding carboxylic acids is 2. The molecule has 5 rings (SSSR count). The summed E-state index contributed by atoms with van der Waals surface area (Å²) in [6.45, 7) is 8.90. The van der Waals surface area contributed by atoms with E-state index in [2.05, 4.69) is 20.5 Å².